The van der Waals surface area contributed by atoms with Crippen LogP contribution in [0.15, 0.2) is 17.3 Å². The largest absolute Gasteiger partial charge is 0.433 e. The Hall–Kier alpha value is -1.37. The van der Waals surface area contributed by atoms with Crippen LogP contribution in [-0.2, 0) is 6.18 Å². The predicted molar refractivity (Wildman–Crippen MR) is 120 cm³/mol. The standard InChI is InChI=1S/C18H30F3N7.HI/c1-4-22-17(28-12-8-14(13-28)27(5-2)6-3)25-11-10-24-16-23-9-7-15(26-16)18(19,20)21;/h7,9,14H,4-6,8,10-13H2,1-3H3,(H,22,25)(H,23,24,26);1H. The SMILES string of the molecule is CCNC(=NCCNc1nccc(C(F)(F)F)n1)N1CCC(N(CC)CC)C1.I. The molecule has 1 fully saturated rings. The van der Waals surface area contributed by atoms with E-state index >= 15 is 0 Å². The molecule has 2 heterocycles. The summed E-state index contributed by atoms with van der Waals surface area (Å²) in [7, 11) is 0. The summed E-state index contributed by atoms with van der Waals surface area (Å²) in [5, 5.41) is 6.10. The Morgan fingerprint density at radius 1 is 1.31 bits per heavy atom. The van der Waals surface area contributed by atoms with Crippen molar-refractivity contribution in [2.75, 3.05) is 51.1 Å². The average molecular weight is 529 g/mol. The average Bonchev–Trinajstić information content (AvgIpc) is 3.14. The summed E-state index contributed by atoms with van der Waals surface area (Å²) in [4.78, 5) is 16.6. The second-order valence-electron chi connectivity index (χ2n) is 6.54. The first-order chi connectivity index (χ1) is 13.4. The molecule has 0 bridgehead atoms. The zero-order valence-corrected chi connectivity index (χ0v) is 19.5. The van der Waals surface area contributed by atoms with Gasteiger partial charge in [-0.2, -0.15) is 13.2 Å². The second-order valence-corrected chi connectivity index (χ2v) is 6.54. The summed E-state index contributed by atoms with van der Waals surface area (Å²) >= 11 is 0. The topological polar surface area (TPSA) is 68.7 Å². The van der Waals surface area contributed by atoms with Crippen LogP contribution in [-0.4, -0.2) is 77.6 Å². The number of halogens is 4. The van der Waals surface area contributed by atoms with E-state index < -0.39 is 11.9 Å². The lowest BCUT2D eigenvalue weighted by atomic mass is 10.2. The van der Waals surface area contributed by atoms with Gasteiger partial charge in [0, 0.05) is 38.4 Å². The maximum atomic E-state index is 12.7. The fraction of sp³-hybridized carbons (Fsp3) is 0.722. The van der Waals surface area contributed by atoms with Gasteiger partial charge in [-0.3, -0.25) is 9.89 Å². The van der Waals surface area contributed by atoms with Crippen LogP contribution in [0.2, 0.25) is 0 Å². The van der Waals surface area contributed by atoms with Crippen molar-refractivity contribution >= 4 is 35.9 Å². The maximum absolute atomic E-state index is 12.7. The van der Waals surface area contributed by atoms with Crippen molar-refractivity contribution in [1.29, 1.82) is 0 Å². The Kier molecular flexibility index (Phi) is 10.9. The molecule has 0 aliphatic carbocycles. The summed E-state index contributed by atoms with van der Waals surface area (Å²) in [5.74, 6) is 0.793. The van der Waals surface area contributed by atoms with Gasteiger partial charge in [-0.05, 0) is 32.5 Å². The van der Waals surface area contributed by atoms with E-state index in [1.807, 2.05) is 6.92 Å². The van der Waals surface area contributed by atoms with Gasteiger partial charge >= 0.3 is 6.18 Å². The van der Waals surface area contributed by atoms with E-state index in [4.69, 9.17) is 0 Å². The number of likely N-dealkylation sites (N-methyl/N-ethyl adjacent to an activating group) is 1. The van der Waals surface area contributed by atoms with Crippen molar-refractivity contribution in [1.82, 2.24) is 25.1 Å². The quantitative estimate of drug-likeness (QED) is 0.234. The highest BCUT2D eigenvalue weighted by atomic mass is 127. The van der Waals surface area contributed by atoms with E-state index in [1.165, 1.54) is 0 Å². The molecule has 1 aromatic rings. The number of aromatic nitrogens is 2. The van der Waals surface area contributed by atoms with E-state index in [1.54, 1.807) is 0 Å². The minimum absolute atomic E-state index is 0. The van der Waals surface area contributed by atoms with Crippen LogP contribution in [0.1, 0.15) is 32.9 Å². The second kappa shape index (κ2) is 12.4. The van der Waals surface area contributed by atoms with E-state index in [2.05, 4.69) is 49.2 Å². The van der Waals surface area contributed by atoms with Crippen molar-refractivity contribution < 1.29 is 13.2 Å². The number of guanidine groups is 1. The molecule has 0 saturated carbocycles. The third-order valence-electron chi connectivity index (χ3n) is 4.73. The van der Waals surface area contributed by atoms with Crippen LogP contribution >= 0.6 is 24.0 Å². The Morgan fingerprint density at radius 2 is 2.03 bits per heavy atom. The van der Waals surface area contributed by atoms with Crippen molar-refractivity contribution in [2.45, 2.75) is 39.4 Å². The number of likely N-dealkylation sites (tertiary alicyclic amines) is 1. The van der Waals surface area contributed by atoms with Gasteiger partial charge in [-0.15, -0.1) is 24.0 Å². The first-order valence-electron chi connectivity index (χ1n) is 9.80. The molecule has 166 valence electrons. The summed E-state index contributed by atoms with van der Waals surface area (Å²) in [6.45, 7) is 11.8. The summed E-state index contributed by atoms with van der Waals surface area (Å²) in [6.07, 6.45) is -2.28. The molecule has 0 radical (unpaired) electrons. The van der Waals surface area contributed by atoms with E-state index in [0.29, 0.717) is 19.1 Å². The highest BCUT2D eigenvalue weighted by molar-refractivity contribution is 14.0. The molecule has 0 aromatic carbocycles. The number of hydrogen-bond acceptors (Lipinski definition) is 5. The number of rotatable bonds is 8. The van der Waals surface area contributed by atoms with Gasteiger partial charge in [0.15, 0.2) is 5.96 Å². The highest BCUT2D eigenvalue weighted by Crippen LogP contribution is 2.27. The monoisotopic (exact) mass is 529 g/mol. The highest BCUT2D eigenvalue weighted by Gasteiger charge is 2.32. The third kappa shape index (κ3) is 7.76. The molecule has 2 N–H and O–H groups in total. The van der Waals surface area contributed by atoms with Gasteiger partial charge in [0.25, 0.3) is 0 Å². The minimum atomic E-state index is -4.48. The normalized spacial score (nSPS) is 17.4. The number of nitrogens with zero attached hydrogens (tertiary/aromatic N) is 5. The van der Waals surface area contributed by atoms with Gasteiger partial charge in [0.1, 0.15) is 5.69 Å². The molecular formula is C18H31F3IN7. The number of anilines is 1. The lowest BCUT2D eigenvalue weighted by molar-refractivity contribution is -0.141. The number of alkyl halides is 3. The van der Waals surface area contributed by atoms with E-state index in [0.717, 1.165) is 57.4 Å². The number of aliphatic imine (C=N–C) groups is 1. The molecule has 1 aromatic heterocycles. The smallest absolute Gasteiger partial charge is 0.357 e. The molecule has 29 heavy (non-hydrogen) atoms. The number of nitrogens with one attached hydrogen (secondary N) is 2. The molecule has 1 aliphatic rings. The van der Waals surface area contributed by atoms with Gasteiger partial charge in [0.05, 0.1) is 6.54 Å². The molecule has 7 nitrogen and oxygen atoms in total. The van der Waals surface area contributed by atoms with Crippen LogP contribution in [0, 0.1) is 0 Å². The summed E-state index contributed by atoms with van der Waals surface area (Å²) < 4.78 is 38.1. The zero-order chi connectivity index (χ0) is 20.6. The van der Waals surface area contributed by atoms with Crippen LogP contribution in [0.5, 0.6) is 0 Å². The van der Waals surface area contributed by atoms with E-state index in [9.17, 15) is 13.2 Å². The van der Waals surface area contributed by atoms with Gasteiger partial charge in [0.2, 0.25) is 5.95 Å². The van der Waals surface area contributed by atoms with Crippen molar-refractivity contribution in [2.24, 2.45) is 4.99 Å². The molecule has 1 aliphatic heterocycles. The third-order valence-corrected chi connectivity index (χ3v) is 4.73. The fourth-order valence-electron chi connectivity index (χ4n) is 3.33. The summed E-state index contributed by atoms with van der Waals surface area (Å²) in [6, 6.07) is 1.38. The molecule has 1 atom stereocenters. The van der Waals surface area contributed by atoms with Crippen LogP contribution in [0.25, 0.3) is 0 Å². The molecule has 0 amide bonds. The molecule has 1 saturated heterocycles. The van der Waals surface area contributed by atoms with Crippen LogP contribution in [0.3, 0.4) is 0 Å². The first-order valence-corrected chi connectivity index (χ1v) is 9.80. The number of hydrogen-bond donors (Lipinski definition) is 2. The van der Waals surface area contributed by atoms with Crippen LogP contribution < -0.4 is 10.6 Å². The Morgan fingerprint density at radius 3 is 2.66 bits per heavy atom. The Balaban J connectivity index is 0.00000420. The van der Waals surface area contributed by atoms with Gasteiger partial charge in [-0.25, -0.2) is 9.97 Å². The summed E-state index contributed by atoms with van der Waals surface area (Å²) in [5.41, 5.74) is -0.957. The maximum Gasteiger partial charge on any atom is 0.433 e. The Bertz CT molecular complexity index is 638. The van der Waals surface area contributed by atoms with Crippen LogP contribution in [0.4, 0.5) is 19.1 Å². The lowest BCUT2D eigenvalue weighted by Gasteiger charge is -2.27. The minimum Gasteiger partial charge on any atom is -0.357 e. The van der Waals surface area contributed by atoms with Crippen molar-refractivity contribution in [3.05, 3.63) is 18.0 Å². The zero-order valence-electron chi connectivity index (χ0n) is 17.2. The van der Waals surface area contributed by atoms with Gasteiger partial charge in [-0.1, -0.05) is 13.8 Å². The Labute approximate surface area is 187 Å². The molecule has 2 rings (SSSR count). The molecular weight excluding hydrogens is 498 g/mol. The van der Waals surface area contributed by atoms with E-state index in [-0.39, 0.29) is 29.9 Å². The molecule has 1 unspecified atom stereocenters. The molecule has 0 spiro atoms. The first kappa shape index (κ1) is 25.7. The molecule has 11 heteroatoms. The van der Waals surface area contributed by atoms with Crippen molar-refractivity contribution in [3.8, 4) is 0 Å². The van der Waals surface area contributed by atoms with Gasteiger partial charge < -0.3 is 15.5 Å². The van der Waals surface area contributed by atoms with Crippen molar-refractivity contribution in [3.63, 3.8) is 0 Å². The lowest BCUT2D eigenvalue weighted by Crippen LogP contribution is -2.43. The predicted octanol–water partition coefficient (Wildman–Crippen LogP) is 2.91. The fourth-order valence-corrected chi connectivity index (χ4v) is 3.33.